The Morgan fingerprint density at radius 1 is 1.25 bits per heavy atom. The molecular weight excluding hydrogens is 356 g/mol. The first-order valence-corrected chi connectivity index (χ1v) is 10.5. The van der Waals surface area contributed by atoms with E-state index in [1.807, 2.05) is 30.9 Å². The number of hydrogen-bond donors (Lipinski definition) is 1. The highest BCUT2D eigenvalue weighted by atomic mass is 16.6. The molecule has 0 radical (unpaired) electrons. The standard InChI is InChI=1S/C21H30N4O3/c1-3-28-20(27)25-12-4-11-24(13-14-25)16-7-9-21(10-8-16)18-17(23-19(21)26)6-5-15(2)22-18/h5-6,16H,3-4,7-14H2,1-2H3,(H,23,26). The van der Waals surface area contributed by atoms with E-state index in [1.54, 1.807) is 0 Å². The lowest BCUT2D eigenvalue weighted by atomic mass is 9.70. The van der Waals surface area contributed by atoms with Crippen LogP contribution in [0.5, 0.6) is 0 Å². The summed E-state index contributed by atoms with van der Waals surface area (Å²) in [4.78, 5) is 33.9. The molecule has 1 aromatic heterocycles. The van der Waals surface area contributed by atoms with Crippen LogP contribution < -0.4 is 5.32 Å². The number of nitrogens with zero attached hydrogens (tertiary/aromatic N) is 3. The average Bonchev–Trinajstić information content (AvgIpc) is 2.86. The number of aromatic nitrogens is 1. The number of amides is 2. The van der Waals surface area contributed by atoms with Gasteiger partial charge in [0.15, 0.2) is 0 Å². The van der Waals surface area contributed by atoms with Crippen LogP contribution in [-0.2, 0) is 14.9 Å². The normalized spacial score (nSPS) is 28.0. The number of hydrogen-bond acceptors (Lipinski definition) is 5. The smallest absolute Gasteiger partial charge is 0.409 e. The van der Waals surface area contributed by atoms with Crippen molar-refractivity contribution in [2.24, 2.45) is 0 Å². The first-order chi connectivity index (χ1) is 13.5. The third-order valence-corrected chi connectivity index (χ3v) is 6.55. The van der Waals surface area contributed by atoms with Crippen molar-refractivity contribution in [3.8, 4) is 0 Å². The molecule has 2 fully saturated rings. The first kappa shape index (κ1) is 19.2. The van der Waals surface area contributed by atoms with Gasteiger partial charge in [0.05, 0.1) is 23.4 Å². The summed E-state index contributed by atoms with van der Waals surface area (Å²) >= 11 is 0. The summed E-state index contributed by atoms with van der Waals surface area (Å²) in [6.07, 6.45) is 4.41. The Hall–Kier alpha value is -2.15. The molecule has 0 unspecified atom stereocenters. The van der Waals surface area contributed by atoms with E-state index in [9.17, 15) is 9.59 Å². The quantitative estimate of drug-likeness (QED) is 0.846. The number of aryl methyl sites for hydroxylation is 1. The summed E-state index contributed by atoms with van der Waals surface area (Å²) in [5.74, 6) is 0.114. The summed E-state index contributed by atoms with van der Waals surface area (Å²) in [6, 6.07) is 4.40. The third-order valence-electron chi connectivity index (χ3n) is 6.55. The Balaban J connectivity index is 1.41. The zero-order chi connectivity index (χ0) is 19.7. The topological polar surface area (TPSA) is 74.8 Å². The van der Waals surface area contributed by atoms with Crippen LogP contribution in [0.25, 0.3) is 0 Å². The molecule has 3 aliphatic rings. The highest BCUT2D eigenvalue weighted by Gasteiger charge is 2.50. The molecule has 1 N–H and O–H groups in total. The van der Waals surface area contributed by atoms with E-state index in [4.69, 9.17) is 9.72 Å². The summed E-state index contributed by atoms with van der Waals surface area (Å²) < 4.78 is 5.15. The maximum Gasteiger partial charge on any atom is 0.409 e. The lowest BCUT2D eigenvalue weighted by molar-refractivity contribution is -0.122. The van der Waals surface area contributed by atoms with Crippen LogP contribution in [-0.4, -0.2) is 65.6 Å². The van der Waals surface area contributed by atoms with Gasteiger partial charge in [0.25, 0.3) is 0 Å². The fourth-order valence-corrected chi connectivity index (χ4v) is 5.00. The van der Waals surface area contributed by atoms with E-state index in [2.05, 4.69) is 10.2 Å². The molecule has 0 aromatic carbocycles. The molecule has 1 aromatic rings. The average molecular weight is 386 g/mol. The molecule has 7 nitrogen and oxygen atoms in total. The number of rotatable bonds is 2. The van der Waals surface area contributed by atoms with Crippen LogP contribution in [0.1, 0.15) is 50.4 Å². The fraction of sp³-hybridized carbons (Fsp3) is 0.667. The van der Waals surface area contributed by atoms with E-state index in [0.29, 0.717) is 19.2 Å². The molecule has 1 aliphatic carbocycles. The molecule has 152 valence electrons. The highest BCUT2D eigenvalue weighted by Crippen LogP contribution is 2.47. The number of carbonyl (C=O) groups is 2. The van der Waals surface area contributed by atoms with Crippen molar-refractivity contribution < 1.29 is 14.3 Å². The second kappa shape index (κ2) is 7.70. The minimum Gasteiger partial charge on any atom is -0.450 e. The van der Waals surface area contributed by atoms with Gasteiger partial charge in [-0.2, -0.15) is 0 Å². The van der Waals surface area contributed by atoms with Crippen molar-refractivity contribution in [3.63, 3.8) is 0 Å². The maximum atomic E-state index is 12.8. The van der Waals surface area contributed by atoms with Crippen LogP contribution >= 0.6 is 0 Å². The summed E-state index contributed by atoms with van der Waals surface area (Å²) in [5, 5.41) is 3.05. The summed E-state index contributed by atoms with van der Waals surface area (Å²) in [6.45, 7) is 7.57. The third kappa shape index (κ3) is 3.36. The molecule has 1 saturated carbocycles. The van der Waals surface area contributed by atoms with E-state index in [0.717, 1.165) is 68.8 Å². The number of fused-ring (bicyclic) bond motifs is 2. The largest absolute Gasteiger partial charge is 0.450 e. The minimum absolute atomic E-state index is 0.114. The van der Waals surface area contributed by atoms with E-state index in [1.165, 1.54) is 0 Å². The van der Waals surface area contributed by atoms with Gasteiger partial charge in [-0.05, 0) is 58.1 Å². The highest BCUT2D eigenvalue weighted by molar-refractivity contribution is 6.05. The molecule has 4 rings (SSSR count). The van der Waals surface area contributed by atoms with Gasteiger partial charge in [-0.3, -0.25) is 14.7 Å². The Morgan fingerprint density at radius 3 is 2.79 bits per heavy atom. The Kier molecular flexibility index (Phi) is 5.27. The second-order valence-corrected chi connectivity index (χ2v) is 8.19. The van der Waals surface area contributed by atoms with Gasteiger partial charge in [-0.25, -0.2) is 4.79 Å². The molecular formula is C21H30N4O3. The van der Waals surface area contributed by atoms with Gasteiger partial charge < -0.3 is 15.0 Å². The zero-order valence-corrected chi connectivity index (χ0v) is 16.9. The fourth-order valence-electron chi connectivity index (χ4n) is 5.00. The molecule has 7 heteroatoms. The SMILES string of the molecule is CCOC(=O)N1CCCN(C2CCC3(CC2)C(=O)Nc2ccc(C)nc23)CC1. The van der Waals surface area contributed by atoms with Gasteiger partial charge in [-0.15, -0.1) is 0 Å². The molecule has 1 spiro atoms. The predicted octanol–water partition coefficient (Wildman–Crippen LogP) is 2.69. The van der Waals surface area contributed by atoms with Crippen LogP contribution in [0.3, 0.4) is 0 Å². The van der Waals surface area contributed by atoms with Crippen LogP contribution in [0, 0.1) is 6.92 Å². The van der Waals surface area contributed by atoms with Crippen molar-refractivity contribution in [1.29, 1.82) is 0 Å². The first-order valence-electron chi connectivity index (χ1n) is 10.5. The molecule has 2 aliphatic heterocycles. The molecule has 0 atom stereocenters. The molecule has 3 heterocycles. The number of carbonyl (C=O) groups excluding carboxylic acids is 2. The van der Waals surface area contributed by atoms with Gasteiger partial charge in [-0.1, -0.05) is 0 Å². The Labute approximate surface area is 166 Å². The van der Waals surface area contributed by atoms with Crippen LogP contribution in [0.2, 0.25) is 0 Å². The van der Waals surface area contributed by atoms with Crippen LogP contribution in [0.15, 0.2) is 12.1 Å². The Bertz CT molecular complexity index is 758. The summed E-state index contributed by atoms with van der Waals surface area (Å²) in [7, 11) is 0. The molecule has 2 amide bonds. The molecule has 28 heavy (non-hydrogen) atoms. The number of nitrogens with one attached hydrogen (secondary N) is 1. The Morgan fingerprint density at radius 2 is 2.04 bits per heavy atom. The van der Waals surface area contributed by atoms with Gasteiger partial charge >= 0.3 is 6.09 Å². The number of ether oxygens (including phenoxy) is 1. The predicted molar refractivity (Wildman–Crippen MR) is 106 cm³/mol. The van der Waals surface area contributed by atoms with Gasteiger partial charge in [0.2, 0.25) is 5.91 Å². The van der Waals surface area contributed by atoms with Gasteiger partial charge in [0.1, 0.15) is 0 Å². The van der Waals surface area contributed by atoms with Crippen molar-refractivity contribution in [2.45, 2.75) is 57.4 Å². The van der Waals surface area contributed by atoms with Crippen molar-refractivity contribution >= 4 is 17.7 Å². The van der Waals surface area contributed by atoms with E-state index in [-0.39, 0.29) is 12.0 Å². The second-order valence-electron chi connectivity index (χ2n) is 8.19. The van der Waals surface area contributed by atoms with Crippen LogP contribution in [0.4, 0.5) is 10.5 Å². The summed E-state index contributed by atoms with van der Waals surface area (Å²) in [5.41, 5.74) is 2.33. The van der Waals surface area contributed by atoms with E-state index >= 15 is 0 Å². The van der Waals surface area contributed by atoms with Gasteiger partial charge in [0, 0.05) is 37.9 Å². The lowest BCUT2D eigenvalue weighted by Gasteiger charge is -2.40. The number of anilines is 1. The van der Waals surface area contributed by atoms with E-state index < -0.39 is 5.41 Å². The maximum absolute atomic E-state index is 12.8. The zero-order valence-electron chi connectivity index (χ0n) is 16.9. The lowest BCUT2D eigenvalue weighted by Crippen LogP contribution is -2.46. The monoisotopic (exact) mass is 386 g/mol. The minimum atomic E-state index is -0.458. The van der Waals surface area contributed by atoms with Crippen molar-refractivity contribution in [1.82, 2.24) is 14.8 Å². The molecule has 1 saturated heterocycles. The van der Waals surface area contributed by atoms with Crippen molar-refractivity contribution in [3.05, 3.63) is 23.5 Å². The molecule has 0 bridgehead atoms. The number of pyridine rings is 1. The van der Waals surface area contributed by atoms with Crippen molar-refractivity contribution in [2.75, 3.05) is 38.1 Å².